The first-order valence-electron chi connectivity index (χ1n) is 15.9. The average Bonchev–Trinajstić information content (AvgIpc) is 3.06. The number of ether oxygens (including phenoxy) is 1. The van der Waals surface area contributed by atoms with E-state index in [2.05, 4.69) is 11.0 Å². The molecule has 1 heterocycles. The van der Waals surface area contributed by atoms with Gasteiger partial charge in [-0.1, -0.05) is 47.5 Å². The number of benzene rings is 3. The molecule has 0 spiro atoms. The first-order valence-corrected chi connectivity index (χ1v) is 18.5. The number of aryl methyl sites for hydroxylation is 1. The fourth-order valence-electron chi connectivity index (χ4n) is 7.10. The van der Waals surface area contributed by atoms with Gasteiger partial charge in [0, 0.05) is 25.8 Å². The number of amides is 1. The molecule has 0 N–H and O–H groups in total. The highest BCUT2D eigenvalue weighted by Crippen LogP contribution is 2.37. The van der Waals surface area contributed by atoms with Crippen LogP contribution in [-0.4, -0.2) is 70.7 Å². The number of rotatable bonds is 10. The van der Waals surface area contributed by atoms with Gasteiger partial charge >= 0.3 is 0 Å². The first-order chi connectivity index (χ1) is 22.0. The monoisotopic (exact) mass is 681 g/mol. The zero-order valence-corrected chi connectivity index (χ0v) is 29.0. The fourth-order valence-corrected chi connectivity index (χ4v) is 8.40. The maximum Gasteiger partial charge on any atom is 0.257 e. The quantitative estimate of drug-likeness (QED) is 0.223. The summed E-state index contributed by atoms with van der Waals surface area (Å²) < 4.78 is 30.5. The molecule has 0 radical (unpaired) electrons. The molecular formula is C36H41Cl2N3O4S. The summed E-state index contributed by atoms with van der Waals surface area (Å²) in [5.41, 5.74) is 4.86. The Labute approximate surface area is 283 Å². The Hall–Kier alpha value is -3.09. The number of methoxy groups -OCH3 is 1. The predicted octanol–water partition coefficient (Wildman–Crippen LogP) is 7.28. The van der Waals surface area contributed by atoms with Crippen molar-refractivity contribution in [1.82, 2.24) is 9.80 Å². The van der Waals surface area contributed by atoms with Crippen LogP contribution in [0.5, 0.6) is 5.75 Å². The van der Waals surface area contributed by atoms with Crippen LogP contribution in [0.1, 0.15) is 82.1 Å². The number of carbonyl (C=O) groups is 1. The minimum Gasteiger partial charge on any atom is -0.495 e. The van der Waals surface area contributed by atoms with Crippen LogP contribution in [-0.2, 0) is 22.7 Å². The van der Waals surface area contributed by atoms with E-state index in [-0.39, 0.29) is 17.7 Å². The molecule has 1 fully saturated rings. The van der Waals surface area contributed by atoms with Crippen LogP contribution < -0.4 is 4.74 Å². The van der Waals surface area contributed by atoms with Gasteiger partial charge in [-0.2, -0.15) is 5.26 Å². The van der Waals surface area contributed by atoms with Gasteiger partial charge in [0.2, 0.25) is 0 Å². The number of likely N-dealkylation sites (tertiary alicyclic amines) is 1. The van der Waals surface area contributed by atoms with Gasteiger partial charge in [-0.15, -0.1) is 0 Å². The molecule has 0 unspecified atom stereocenters. The number of hydrogen-bond donors (Lipinski definition) is 0. The van der Waals surface area contributed by atoms with E-state index >= 15 is 0 Å². The van der Waals surface area contributed by atoms with Gasteiger partial charge in [-0.25, -0.2) is 8.42 Å². The molecule has 7 nitrogen and oxygen atoms in total. The summed E-state index contributed by atoms with van der Waals surface area (Å²) in [5.74, 6) is 0.379. The lowest BCUT2D eigenvalue weighted by Gasteiger charge is -2.34. The number of sulfone groups is 1. The summed E-state index contributed by atoms with van der Waals surface area (Å²) in [6, 6.07) is 17.1. The highest BCUT2D eigenvalue weighted by atomic mass is 35.5. The van der Waals surface area contributed by atoms with Crippen LogP contribution >= 0.6 is 23.2 Å². The van der Waals surface area contributed by atoms with E-state index in [1.165, 1.54) is 13.4 Å². The van der Waals surface area contributed by atoms with Crippen molar-refractivity contribution < 1.29 is 17.9 Å². The summed E-state index contributed by atoms with van der Waals surface area (Å²) in [5, 5.41) is 10.8. The number of likely N-dealkylation sites (N-methyl/N-ethyl adjacent to an activating group) is 1. The Morgan fingerprint density at radius 1 is 1.09 bits per heavy atom. The number of nitrogens with zero attached hydrogens (tertiary/aromatic N) is 3. The summed E-state index contributed by atoms with van der Waals surface area (Å²) in [6.07, 6.45) is 7.48. The van der Waals surface area contributed by atoms with E-state index in [1.54, 1.807) is 23.1 Å². The molecule has 1 saturated heterocycles. The third-order valence-corrected chi connectivity index (χ3v) is 11.4. The molecule has 0 aromatic heterocycles. The van der Waals surface area contributed by atoms with Crippen molar-refractivity contribution in [2.45, 2.75) is 61.7 Å². The number of nitriles is 1. The minimum absolute atomic E-state index is 0.0200. The lowest BCUT2D eigenvalue weighted by Crippen LogP contribution is -2.37. The largest absolute Gasteiger partial charge is 0.495 e. The van der Waals surface area contributed by atoms with Crippen LogP contribution in [0.4, 0.5) is 0 Å². The van der Waals surface area contributed by atoms with Crippen LogP contribution in [0, 0.1) is 11.3 Å². The Morgan fingerprint density at radius 2 is 1.80 bits per heavy atom. The van der Waals surface area contributed by atoms with Crippen LogP contribution in [0.3, 0.4) is 0 Å². The highest BCUT2D eigenvalue weighted by molar-refractivity contribution is 7.90. The van der Waals surface area contributed by atoms with Crippen LogP contribution in [0.25, 0.3) is 0 Å². The zero-order chi connectivity index (χ0) is 33.0. The van der Waals surface area contributed by atoms with Gasteiger partial charge in [-0.3, -0.25) is 4.79 Å². The maximum absolute atomic E-state index is 14.2. The van der Waals surface area contributed by atoms with Gasteiger partial charge in [0.15, 0.2) is 9.84 Å². The van der Waals surface area contributed by atoms with Gasteiger partial charge in [0.1, 0.15) is 11.8 Å². The maximum atomic E-state index is 14.2. The van der Waals surface area contributed by atoms with Crippen LogP contribution in [0.2, 0.25) is 10.0 Å². The molecule has 1 amide bonds. The molecule has 1 aliphatic heterocycles. The van der Waals surface area contributed by atoms with Gasteiger partial charge in [0.05, 0.1) is 33.2 Å². The van der Waals surface area contributed by atoms with E-state index in [0.29, 0.717) is 38.4 Å². The third-order valence-electron chi connectivity index (χ3n) is 9.54. The second kappa shape index (κ2) is 14.8. The van der Waals surface area contributed by atoms with Crippen molar-refractivity contribution in [3.05, 3.63) is 92.0 Å². The average molecular weight is 683 g/mol. The topological polar surface area (TPSA) is 90.7 Å². The number of piperidine rings is 1. The Bertz CT molecular complexity index is 1750. The van der Waals surface area contributed by atoms with E-state index < -0.39 is 9.84 Å². The summed E-state index contributed by atoms with van der Waals surface area (Å²) >= 11 is 12.7. The lowest BCUT2D eigenvalue weighted by atomic mass is 9.85. The number of fused-ring (bicyclic) bond motifs is 1. The molecule has 10 heteroatoms. The lowest BCUT2D eigenvalue weighted by molar-refractivity contribution is 0.0776. The normalized spacial score (nSPS) is 16.3. The summed E-state index contributed by atoms with van der Waals surface area (Å²) in [7, 11) is 0.0309. The number of carbonyl (C=O) groups excluding carboxylic acids is 1. The minimum atomic E-state index is -3.30. The molecule has 0 saturated carbocycles. The second-order valence-corrected chi connectivity index (χ2v) is 15.4. The Kier molecular flexibility index (Phi) is 11.0. The van der Waals surface area contributed by atoms with Crippen molar-refractivity contribution in [1.29, 1.82) is 5.26 Å². The Balaban J connectivity index is 1.33. The van der Waals surface area contributed by atoms with E-state index in [4.69, 9.17) is 27.9 Å². The standard InChI is InChI=1S/C36H41Cl2N3O4S/c1-40(36(42)34-30-10-5-4-8-26(30)20-28(22-39)35(34)45-2)23-27(25-12-13-31(37)32(38)21-25)16-19-41-17-14-24(15-18-41)29-9-6-7-11-33(29)46(3,43)44/h6-7,9,11-13,20-21,24,27H,4-5,8,10,14-19,23H2,1-3H3/t27-/m1/s1. The summed E-state index contributed by atoms with van der Waals surface area (Å²) in [4.78, 5) is 18.8. The van der Waals surface area contributed by atoms with Crippen molar-refractivity contribution in [3.63, 3.8) is 0 Å². The molecule has 1 atom stereocenters. The molecule has 46 heavy (non-hydrogen) atoms. The molecule has 3 aromatic rings. The fraction of sp³-hybridized carbons (Fsp3) is 0.444. The van der Waals surface area contributed by atoms with Crippen LogP contribution in [0.15, 0.2) is 53.4 Å². The van der Waals surface area contributed by atoms with Crippen molar-refractivity contribution in [3.8, 4) is 11.8 Å². The smallest absolute Gasteiger partial charge is 0.257 e. The molecular weight excluding hydrogens is 641 g/mol. The first kappa shape index (κ1) is 34.3. The van der Waals surface area contributed by atoms with Crippen molar-refractivity contribution in [2.75, 3.05) is 46.6 Å². The summed E-state index contributed by atoms with van der Waals surface area (Å²) in [6.45, 7) is 2.98. The number of halogens is 2. The third kappa shape index (κ3) is 7.55. The Morgan fingerprint density at radius 3 is 2.48 bits per heavy atom. The van der Waals surface area contributed by atoms with E-state index in [0.717, 1.165) is 86.8 Å². The van der Waals surface area contributed by atoms with E-state index in [1.807, 2.05) is 37.4 Å². The SMILES string of the molecule is COc1c(C#N)cc2c(c1C(=O)N(C)C[C@@H](CCN1CCC(c3ccccc3S(C)(=O)=O)CC1)c1ccc(Cl)c(Cl)c1)CCCC2. The molecule has 2 aliphatic rings. The molecule has 0 bridgehead atoms. The molecule has 5 rings (SSSR count). The van der Waals surface area contributed by atoms with E-state index in [9.17, 15) is 18.5 Å². The van der Waals surface area contributed by atoms with Gasteiger partial charge in [-0.05, 0) is 117 Å². The zero-order valence-electron chi connectivity index (χ0n) is 26.7. The van der Waals surface area contributed by atoms with Gasteiger partial charge in [0.25, 0.3) is 5.91 Å². The van der Waals surface area contributed by atoms with Gasteiger partial charge < -0.3 is 14.5 Å². The molecule has 1 aliphatic carbocycles. The number of hydrogen-bond acceptors (Lipinski definition) is 6. The highest BCUT2D eigenvalue weighted by Gasteiger charge is 2.30. The molecule has 3 aromatic carbocycles. The molecule has 244 valence electrons. The van der Waals surface area contributed by atoms with Crippen molar-refractivity contribution in [2.24, 2.45) is 0 Å². The second-order valence-electron chi connectivity index (χ2n) is 12.6. The van der Waals surface area contributed by atoms with Crippen molar-refractivity contribution >= 4 is 38.9 Å². The predicted molar refractivity (Wildman–Crippen MR) is 183 cm³/mol.